The van der Waals surface area contributed by atoms with E-state index in [0.717, 1.165) is 16.8 Å². The van der Waals surface area contributed by atoms with E-state index in [1.165, 1.54) is 0 Å². The molecule has 0 aromatic heterocycles. The SMILES string of the molecule is CN(C)c1ccc(C2C3=C(CC(c4ccccc4)CC3=O)OC(=N)C2C#N)cc1. The Morgan fingerprint density at radius 1 is 1.03 bits per heavy atom. The molecule has 5 nitrogen and oxygen atoms in total. The molecule has 2 aromatic rings. The molecule has 3 unspecified atom stereocenters. The summed E-state index contributed by atoms with van der Waals surface area (Å²) in [5.74, 6) is -0.740. The van der Waals surface area contributed by atoms with E-state index in [-0.39, 0.29) is 17.6 Å². The zero-order chi connectivity index (χ0) is 20.5. The van der Waals surface area contributed by atoms with Crippen molar-refractivity contribution < 1.29 is 9.53 Å². The molecule has 4 rings (SSSR count). The van der Waals surface area contributed by atoms with Crippen LogP contribution in [0, 0.1) is 22.7 Å². The molecule has 29 heavy (non-hydrogen) atoms. The van der Waals surface area contributed by atoms with E-state index >= 15 is 0 Å². The third kappa shape index (κ3) is 3.42. The Morgan fingerprint density at radius 2 is 1.72 bits per heavy atom. The van der Waals surface area contributed by atoms with Gasteiger partial charge in [-0.15, -0.1) is 0 Å². The lowest BCUT2D eigenvalue weighted by Gasteiger charge is -2.36. The standard InChI is InChI=1S/C24H23N3O2/c1-27(2)18-10-8-16(9-11-18)22-19(14-25)24(26)29-21-13-17(12-20(28)23(21)22)15-6-4-3-5-7-15/h3-11,17,19,22,26H,12-13H2,1-2H3. The van der Waals surface area contributed by atoms with E-state index in [0.29, 0.717) is 24.2 Å². The molecule has 0 amide bonds. The van der Waals surface area contributed by atoms with Gasteiger partial charge in [-0.25, -0.2) is 0 Å². The van der Waals surface area contributed by atoms with Crippen LogP contribution < -0.4 is 4.90 Å². The van der Waals surface area contributed by atoms with Crippen LogP contribution in [-0.2, 0) is 9.53 Å². The number of benzene rings is 2. The first-order valence-electron chi connectivity index (χ1n) is 9.74. The third-order valence-electron chi connectivity index (χ3n) is 5.80. The number of anilines is 1. The fourth-order valence-corrected chi connectivity index (χ4v) is 4.29. The summed E-state index contributed by atoms with van der Waals surface area (Å²) < 4.78 is 5.74. The Morgan fingerprint density at radius 3 is 2.34 bits per heavy atom. The van der Waals surface area contributed by atoms with Gasteiger partial charge in [0.2, 0.25) is 5.90 Å². The minimum absolute atomic E-state index is 0.00883. The quantitative estimate of drug-likeness (QED) is 0.850. The van der Waals surface area contributed by atoms with Gasteiger partial charge in [0.05, 0.1) is 6.07 Å². The molecule has 2 aromatic carbocycles. The van der Waals surface area contributed by atoms with E-state index in [1.807, 2.05) is 73.6 Å². The molecule has 0 saturated heterocycles. The van der Waals surface area contributed by atoms with Crippen molar-refractivity contribution in [2.45, 2.75) is 24.7 Å². The lowest BCUT2D eigenvalue weighted by Crippen LogP contribution is -2.36. The summed E-state index contributed by atoms with van der Waals surface area (Å²) in [7, 11) is 3.93. The number of rotatable bonds is 3. The maximum Gasteiger partial charge on any atom is 0.205 e. The van der Waals surface area contributed by atoms with Crippen molar-refractivity contribution in [3.05, 3.63) is 77.1 Å². The minimum atomic E-state index is -0.795. The Bertz CT molecular complexity index is 1020. The van der Waals surface area contributed by atoms with Gasteiger partial charge in [-0.05, 0) is 29.2 Å². The number of Topliss-reactive ketones (excluding diaryl/α,β-unsaturated/α-hetero) is 1. The molecule has 0 fully saturated rings. The number of allylic oxidation sites excluding steroid dienone is 2. The molecule has 1 heterocycles. The molecule has 0 saturated carbocycles. The molecule has 0 bridgehead atoms. The highest BCUT2D eigenvalue weighted by Gasteiger charge is 2.44. The third-order valence-corrected chi connectivity index (χ3v) is 5.80. The zero-order valence-electron chi connectivity index (χ0n) is 16.6. The number of ketones is 1. The van der Waals surface area contributed by atoms with Gasteiger partial charge < -0.3 is 9.64 Å². The Hall–Kier alpha value is -3.39. The van der Waals surface area contributed by atoms with Crippen LogP contribution in [0.3, 0.4) is 0 Å². The van der Waals surface area contributed by atoms with Gasteiger partial charge in [-0.1, -0.05) is 42.5 Å². The van der Waals surface area contributed by atoms with E-state index in [9.17, 15) is 10.1 Å². The predicted molar refractivity (Wildman–Crippen MR) is 112 cm³/mol. The van der Waals surface area contributed by atoms with Crippen molar-refractivity contribution in [2.75, 3.05) is 19.0 Å². The lowest BCUT2D eigenvalue weighted by atomic mass is 9.71. The topological polar surface area (TPSA) is 77.2 Å². The van der Waals surface area contributed by atoms with Crippen molar-refractivity contribution in [1.29, 1.82) is 10.7 Å². The van der Waals surface area contributed by atoms with Crippen molar-refractivity contribution in [3.63, 3.8) is 0 Å². The number of carbonyl (C=O) groups is 1. The zero-order valence-corrected chi connectivity index (χ0v) is 16.6. The fraction of sp³-hybridized carbons (Fsp3) is 0.292. The van der Waals surface area contributed by atoms with E-state index in [4.69, 9.17) is 10.1 Å². The number of carbonyl (C=O) groups excluding carboxylic acids is 1. The average molecular weight is 385 g/mol. The highest BCUT2D eigenvalue weighted by atomic mass is 16.5. The number of nitriles is 1. The second-order valence-corrected chi connectivity index (χ2v) is 7.81. The Kier molecular flexibility index (Phi) is 4.94. The van der Waals surface area contributed by atoms with Crippen LogP contribution in [0.5, 0.6) is 0 Å². The van der Waals surface area contributed by atoms with Crippen LogP contribution in [0.15, 0.2) is 65.9 Å². The molecular weight excluding hydrogens is 362 g/mol. The first-order chi connectivity index (χ1) is 14.0. The molecule has 0 spiro atoms. The number of hydrogen-bond acceptors (Lipinski definition) is 5. The summed E-state index contributed by atoms with van der Waals surface area (Å²) >= 11 is 0. The molecule has 1 N–H and O–H groups in total. The van der Waals surface area contributed by atoms with E-state index in [2.05, 4.69) is 6.07 Å². The van der Waals surface area contributed by atoms with Crippen LogP contribution >= 0.6 is 0 Å². The second-order valence-electron chi connectivity index (χ2n) is 7.81. The van der Waals surface area contributed by atoms with Crippen LogP contribution in [0.4, 0.5) is 5.69 Å². The number of hydrogen-bond donors (Lipinski definition) is 1. The molecule has 5 heteroatoms. The summed E-state index contributed by atoms with van der Waals surface area (Å²) in [4.78, 5) is 15.2. The molecular formula is C24H23N3O2. The van der Waals surface area contributed by atoms with Crippen molar-refractivity contribution in [1.82, 2.24) is 0 Å². The number of ether oxygens (including phenoxy) is 1. The summed E-state index contributed by atoms with van der Waals surface area (Å²) in [5.41, 5.74) is 3.57. The number of nitrogens with one attached hydrogen (secondary N) is 1. The first kappa shape index (κ1) is 18.9. The van der Waals surface area contributed by atoms with Gasteiger partial charge >= 0.3 is 0 Å². The molecule has 1 aliphatic carbocycles. The number of nitrogens with zero attached hydrogens (tertiary/aromatic N) is 2. The Labute approximate surface area is 170 Å². The molecule has 1 aliphatic heterocycles. The fourth-order valence-electron chi connectivity index (χ4n) is 4.29. The highest BCUT2D eigenvalue weighted by molar-refractivity contribution is 6.02. The van der Waals surface area contributed by atoms with Crippen molar-refractivity contribution >= 4 is 17.4 Å². The van der Waals surface area contributed by atoms with Crippen molar-refractivity contribution in [2.24, 2.45) is 5.92 Å². The van der Waals surface area contributed by atoms with Gasteiger partial charge in [0, 0.05) is 44.1 Å². The van der Waals surface area contributed by atoms with Gasteiger partial charge in [0.1, 0.15) is 11.7 Å². The smallest absolute Gasteiger partial charge is 0.205 e. The second kappa shape index (κ2) is 7.56. The summed E-state index contributed by atoms with van der Waals surface area (Å²) in [6.07, 6.45) is 0.960. The van der Waals surface area contributed by atoms with Gasteiger partial charge in [0.25, 0.3) is 0 Å². The molecule has 0 radical (unpaired) electrons. The van der Waals surface area contributed by atoms with Crippen LogP contribution in [0.1, 0.15) is 35.8 Å². The van der Waals surface area contributed by atoms with E-state index in [1.54, 1.807) is 0 Å². The molecule has 2 aliphatic rings. The summed E-state index contributed by atoms with van der Waals surface area (Å²) in [5, 5.41) is 18.0. The normalized spacial score (nSPS) is 23.8. The van der Waals surface area contributed by atoms with Gasteiger partial charge in [0.15, 0.2) is 5.78 Å². The summed E-state index contributed by atoms with van der Waals surface area (Å²) in [6, 6.07) is 20.0. The highest BCUT2D eigenvalue weighted by Crippen LogP contribution is 2.46. The van der Waals surface area contributed by atoms with Crippen LogP contribution in [0.2, 0.25) is 0 Å². The molecule has 3 atom stereocenters. The van der Waals surface area contributed by atoms with Gasteiger partial charge in [-0.2, -0.15) is 5.26 Å². The maximum atomic E-state index is 13.2. The van der Waals surface area contributed by atoms with Crippen LogP contribution in [-0.4, -0.2) is 25.8 Å². The van der Waals surface area contributed by atoms with Gasteiger partial charge in [-0.3, -0.25) is 10.2 Å². The van der Waals surface area contributed by atoms with Crippen LogP contribution in [0.25, 0.3) is 0 Å². The largest absolute Gasteiger partial charge is 0.446 e. The predicted octanol–water partition coefficient (Wildman–Crippen LogP) is 4.38. The minimum Gasteiger partial charge on any atom is -0.446 e. The molecule has 146 valence electrons. The first-order valence-corrected chi connectivity index (χ1v) is 9.74. The lowest BCUT2D eigenvalue weighted by molar-refractivity contribution is -0.117. The average Bonchev–Trinajstić information content (AvgIpc) is 2.73. The maximum absolute atomic E-state index is 13.2. The Balaban J connectivity index is 1.76. The monoisotopic (exact) mass is 385 g/mol. The van der Waals surface area contributed by atoms with E-state index < -0.39 is 11.8 Å². The summed E-state index contributed by atoms with van der Waals surface area (Å²) in [6.45, 7) is 0. The van der Waals surface area contributed by atoms with Crippen molar-refractivity contribution in [3.8, 4) is 6.07 Å².